The fourth-order valence-electron chi connectivity index (χ4n) is 4.65. The van der Waals surface area contributed by atoms with Crippen LogP contribution in [0.25, 0.3) is 16.9 Å². The molecule has 6 nitrogen and oxygen atoms in total. The molecule has 0 saturated heterocycles. The molecule has 1 aromatic heterocycles. The molecular weight excluding hydrogens is 350 g/mol. The highest BCUT2D eigenvalue weighted by molar-refractivity contribution is 6.12. The number of para-hydroxylation sites is 3. The van der Waals surface area contributed by atoms with Gasteiger partial charge in [-0.25, -0.2) is 4.98 Å². The van der Waals surface area contributed by atoms with Crippen molar-refractivity contribution in [2.24, 2.45) is 5.73 Å². The van der Waals surface area contributed by atoms with E-state index in [-0.39, 0.29) is 5.91 Å². The number of aromatic nitrogens is 2. The minimum atomic E-state index is -1.11. The number of imidazole rings is 1. The topological polar surface area (TPSA) is 87.9 Å². The van der Waals surface area contributed by atoms with E-state index in [1.54, 1.807) is 4.90 Å². The number of rotatable bonds is 2. The zero-order chi connectivity index (χ0) is 19.5. The van der Waals surface area contributed by atoms with Crippen molar-refractivity contribution in [1.82, 2.24) is 9.55 Å². The molecule has 0 fully saturated rings. The molecular formula is C22H19N5O. The molecule has 0 aliphatic carbocycles. The van der Waals surface area contributed by atoms with E-state index < -0.39 is 5.41 Å². The van der Waals surface area contributed by atoms with E-state index >= 15 is 0 Å². The van der Waals surface area contributed by atoms with Crippen LogP contribution in [0.1, 0.15) is 24.7 Å². The highest BCUT2D eigenvalue weighted by atomic mass is 16.2. The summed E-state index contributed by atoms with van der Waals surface area (Å²) < 4.78 is 1.82. The Morgan fingerprint density at radius 2 is 1.96 bits per heavy atom. The smallest absolute Gasteiger partial charge is 0.243 e. The van der Waals surface area contributed by atoms with E-state index in [0.29, 0.717) is 30.2 Å². The summed E-state index contributed by atoms with van der Waals surface area (Å²) in [5, 5.41) is 10.1. The number of nitrogens with zero attached hydrogens (tertiary/aromatic N) is 4. The lowest BCUT2D eigenvalue weighted by molar-refractivity contribution is -0.122. The summed E-state index contributed by atoms with van der Waals surface area (Å²) in [4.78, 5) is 20.2. The zero-order valence-electron chi connectivity index (χ0n) is 15.5. The molecule has 6 heteroatoms. The maximum absolute atomic E-state index is 13.7. The fourth-order valence-corrected chi connectivity index (χ4v) is 4.65. The fraction of sp³-hybridized carbons (Fsp3) is 0.227. The molecule has 1 spiro atoms. The van der Waals surface area contributed by atoms with E-state index in [1.807, 2.05) is 60.0 Å². The minimum absolute atomic E-state index is 0.0895. The largest absolute Gasteiger partial charge is 0.384 e. The molecule has 0 radical (unpaired) electrons. The molecule has 138 valence electrons. The van der Waals surface area contributed by atoms with Crippen molar-refractivity contribution in [3.8, 4) is 6.07 Å². The molecule has 0 saturated carbocycles. The third-order valence-corrected chi connectivity index (χ3v) is 5.80. The van der Waals surface area contributed by atoms with Crippen LogP contribution in [-0.2, 0) is 16.6 Å². The molecule has 2 aromatic carbocycles. The van der Waals surface area contributed by atoms with E-state index in [9.17, 15) is 10.1 Å². The van der Waals surface area contributed by atoms with Gasteiger partial charge in [-0.1, -0.05) is 37.3 Å². The molecule has 1 atom stereocenters. The predicted octanol–water partition coefficient (Wildman–Crippen LogP) is 2.94. The summed E-state index contributed by atoms with van der Waals surface area (Å²) in [5.74, 6) is 0.909. The van der Waals surface area contributed by atoms with Crippen LogP contribution in [0.4, 0.5) is 5.69 Å². The first-order valence-corrected chi connectivity index (χ1v) is 9.42. The average molecular weight is 369 g/mol. The normalized spacial score (nSPS) is 20.6. The number of benzene rings is 2. The predicted molar refractivity (Wildman–Crippen MR) is 107 cm³/mol. The van der Waals surface area contributed by atoms with Gasteiger partial charge >= 0.3 is 0 Å². The van der Waals surface area contributed by atoms with Crippen LogP contribution in [0.15, 0.2) is 54.1 Å². The summed E-state index contributed by atoms with van der Waals surface area (Å²) in [6, 6.07) is 17.7. The Balaban J connectivity index is 1.83. The summed E-state index contributed by atoms with van der Waals surface area (Å²) in [6.07, 6.45) is 1.15. The van der Waals surface area contributed by atoms with Crippen molar-refractivity contribution in [3.63, 3.8) is 0 Å². The summed E-state index contributed by atoms with van der Waals surface area (Å²) >= 11 is 0. The van der Waals surface area contributed by atoms with Gasteiger partial charge in [0.05, 0.1) is 16.6 Å². The molecule has 0 bridgehead atoms. The molecule has 2 aliphatic heterocycles. The second-order valence-corrected chi connectivity index (χ2v) is 7.28. The Kier molecular flexibility index (Phi) is 3.37. The lowest BCUT2D eigenvalue weighted by atomic mass is 9.71. The van der Waals surface area contributed by atoms with Gasteiger partial charge in [0.25, 0.3) is 0 Å². The van der Waals surface area contributed by atoms with Crippen molar-refractivity contribution in [3.05, 3.63) is 65.5 Å². The first-order valence-electron chi connectivity index (χ1n) is 9.42. The molecule has 3 aromatic rings. The van der Waals surface area contributed by atoms with Gasteiger partial charge in [0.2, 0.25) is 5.91 Å². The summed E-state index contributed by atoms with van der Waals surface area (Å²) in [7, 11) is 0. The van der Waals surface area contributed by atoms with Crippen molar-refractivity contribution < 1.29 is 4.79 Å². The van der Waals surface area contributed by atoms with E-state index in [1.165, 1.54) is 0 Å². The SMILES string of the molecule is CCCN1C(=O)[C@]2(Cc3nc4ccccc4n3C(N)=C2C#N)c2ccccc21. The number of anilines is 1. The van der Waals surface area contributed by atoms with E-state index in [4.69, 9.17) is 10.7 Å². The maximum Gasteiger partial charge on any atom is 0.243 e. The number of amides is 1. The van der Waals surface area contributed by atoms with E-state index in [0.717, 1.165) is 28.7 Å². The molecule has 3 heterocycles. The van der Waals surface area contributed by atoms with Gasteiger partial charge in [-0.15, -0.1) is 0 Å². The molecule has 0 unspecified atom stereocenters. The standard InChI is InChI=1S/C22H19N5O/c1-2-11-26-17-9-5-3-7-14(17)22(21(26)28)12-19-25-16-8-4-6-10-18(16)27(19)20(24)15(22)13-23/h3-10H,2,11-12,24H2,1H3/t22-/m1/s1. The van der Waals surface area contributed by atoms with Crippen LogP contribution in [-0.4, -0.2) is 22.0 Å². The van der Waals surface area contributed by atoms with Crippen LogP contribution in [0.5, 0.6) is 0 Å². The first kappa shape index (κ1) is 16.6. The van der Waals surface area contributed by atoms with Crippen LogP contribution >= 0.6 is 0 Å². The third-order valence-electron chi connectivity index (χ3n) is 5.80. The second kappa shape index (κ2) is 5.70. The summed E-state index contributed by atoms with van der Waals surface area (Å²) in [6.45, 7) is 2.64. The average Bonchev–Trinajstić information content (AvgIpc) is 3.19. The number of hydrogen-bond donors (Lipinski definition) is 1. The number of carbonyl (C=O) groups excluding carboxylic acids is 1. The molecule has 5 rings (SSSR count). The maximum atomic E-state index is 13.7. The van der Waals surface area contributed by atoms with Gasteiger partial charge < -0.3 is 10.6 Å². The van der Waals surface area contributed by atoms with Crippen molar-refractivity contribution in [2.75, 3.05) is 11.4 Å². The molecule has 1 amide bonds. The van der Waals surface area contributed by atoms with E-state index in [2.05, 4.69) is 6.07 Å². The van der Waals surface area contributed by atoms with Crippen LogP contribution < -0.4 is 10.6 Å². The molecule has 2 N–H and O–H groups in total. The highest BCUT2D eigenvalue weighted by Crippen LogP contribution is 2.51. The Morgan fingerprint density at radius 1 is 1.21 bits per heavy atom. The van der Waals surface area contributed by atoms with Crippen molar-refractivity contribution in [2.45, 2.75) is 25.2 Å². The number of hydrogen-bond acceptors (Lipinski definition) is 4. The quantitative estimate of drug-likeness (QED) is 0.752. The van der Waals surface area contributed by atoms with Gasteiger partial charge in [0.1, 0.15) is 23.1 Å². The van der Waals surface area contributed by atoms with Gasteiger partial charge in [-0.3, -0.25) is 9.36 Å². The Hall–Kier alpha value is -3.59. The van der Waals surface area contributed by atoms with Crippen LogP contribution in [0, 0.1) is 11.3 Å². The van der Waals surface area contributed by atoms with Crippen LogP contribution in [0.3, 0.4) is 0 Å². The molecule has 28 heavy (non-hydrogen) atoms. The third kappa shape index (κ3) is 1.86. The lowest BCUT2D eigenvalue weighted by Gasteiger charge is -2.33. The molecule has 2 aliphatic rings. The number of carbonyl (C=O) groups is 1. The Labute approximate surface area is 162 Å². The Morgan fingerprint density at radius 3 is 2.75 bits per heavy atom. The van der Waals surface area contributed by atoms with Crippen molar-refractivity contribution >= 4 is 28.4 Å². The number of nitriles is 1. The summed E-state index contributed by atoms with van der Waals surface area (Å²) in [5.41, 5.74) is 9.06. The van der Waals surface area contributed by atoms with Crippen molar-refractivity contribution in [1.29, 1.82) is 5.26 Å². The number of fused-ring (bicyclic) bond motifs is 5. The van der Waals surface area contributed by atoms with Gasteiger partial charge in [0.15, 0.2) is 0 Å². The lowest BCUT2D eigenvalue weighted by Crippen LogP contribution is -2.47. The highest BCUT2D eigenvalue weighted by Gasteiger charge is 2.56. The van der Waals surface area contributed by atoms with Gasteiger partial charge in [-0.05, 0) is 30.2 Å². The Bertz CT molecular complexity index is 1220. The second-order valence-electron chi connectivity index (χ2n) is 7.28. The van der Waals surface area contributed by atoms with Gasteiger partial charge in [-0.2, -0.15) is 5.26 Å². The minimum Gasteiger partial charge on any atom is -0.384 e. The first-order chi connectivity index (χ1) is 13.6. The zero-order valence-corrected chi connectivity index (χ0v) is 15.5. The number of nitrogens with two attached hydrogens (primary N) is 1. The monoisotopic (exact) mass is 369 g/mol. The van der Waals surface area contributed by atoms with Crippen LogP contribution in [0.2, 0.25) is 0 Å². The van der Waals surface area contributed by atoms with Gasteiger partial charge in [0, 0.05) is 18.7 Å².